The van der Waals surface area contributed by atoms with Crippen molar-refractivity contribution in [1.82, 2.24) is 4.98 Å². The molecule has 2 N–H and O–H groups in total. The van der Waals surface area contributed by atoms with Crippen molar-refractivity contribution in [1.29, 1.82) is 0 Å². The molecule has 0 aliphatic rings. The Hall–Kier alpha value is -2.85. The van der Waals surface area contributed by atoms with Gasteiger partial charge in [-0.25, -0.2) is 18.2 Å². The zero-order chi connectivity index (χ0) is 22.5. The molecule has 0 fully saturated rings. The monoisotopic (exact) mass is 438 g/mol. The molecular weight excluding hydrogens is 412 g/mol. The molecule has 2 aromatic rings. The van der Waals surface area contributed by atoms with Gasteiger partial charge in [-0.15, -0.1) is 0 Å². The Morgan fingerprint density at radius 1 is 1.17 bits per heavy atom. The second-order valence-electron chi connectivity index (χ2n) is 7.44. The molecule has 30 heavy (non-hydrogen) atoms. The highest BCUT2D eigenvalue weighted by atomic mass is 32.2. The highest BCUT2D eigenvalue weighted by molar-refractivity contribution is 7.92. The average Bonchev–Trinajstić information content (AvgIpc) is 2.67. The minimum atomic E-state index is -4.12. The van der Waals surface area contributed by atoms with Crippen LogP contribution in [-0.4, -0.2) is 51.9 Å². The molecule has 0 bridgehead atoms. The lowest BCUT2D eigenvalue weighted by atomic mass is 9.88. The predicted molar refractivity (Wildman–Crippen MR) is 111 cm³/mol. The molecule has 164 valence electrons. The molecule has 1 heterocycles. The Kier molecular flexibility index (Phi) is 7.27. The third-order valence-electron chi connectivity index (χ3n) is 4.19. The summed E-state index contributed by atoms with van der Waals surface area (Å²) in [5, 5.41) is 9.45. The normalized spacial score (nSPS) is 11.8. The molecule has 2 rings (SSSR count). The number of nitrogens with one attached hydrogen (secondary N) is 1. The fraction of sp³-hybridized carbons (Fsp3) is 0.400. The van der Waals surface area contributed by atoms with Gasteiger partial charge < -0.3 is 19.3 Å². The number of aromatic carboxylic acids is 1. The van der Waals surface area contributed by atoms with E-state index >= 15 is 0 Å². The van der Waals surface area contributed by atoms with Crippen molar-refractivity contribution < 1.29 is 32.5 Å². The fourth-order valence-electron chi connectivity index (χ4n) is 2.51. The number of nitrogens with zero attached hydrogens (tertiary/aromatic N) is 1. The van der Waals surface area contributed by atoms with E-state index in [4.69, 9.17) is 14.2 Å². The summed E-state index contributed by atoms with van der Waals surface area (Å²) in [4.78, 5) is 15.5. The molecule has 1 aromatic heterocycles. The van der Waals surface area contributed by atoms with Crippen LogP contribution in [0.15, 0.2) is 35.4 Å². The number of carbonyl (C=O) groups is 1. The summed E-state index contributed by atoms with van der Waals surface area (Å²) < 4.78 is 43.7. The van der Waals surface area contributed by atoms with Crippen molar-refractivity contribution >= 4 is 21.7 Å². The van der Waals surface area contributed by atoms with Crippen LogP contribution in [0.1, 0.15) is 36.7 Å². The van der Waals surface area contributed by atoms with Crippen LogP contribution in [0, 0.1) is 0 Å². The highest BCUT2D eigenvalue weighted by Gasteiger charge is 2.23. The van der Waals surface area contributed by atoms with E-state index in [2.05, 4.69) is 9.71 Å². The van der Waals surface area contributed by atoms with Crippen LogP contribution in [0.4, 0.5) is 5.69 Å². The van der Waals surface area contributed by atoms with Crippen molar-refractivity contribution in [2.45, 2.75) is 31.1 Å². The number of pyridine rings is 1. The van der Waals surface area contributed by atoms with E-state index in [1.807, 2.05) is 20.8 Å². The minimum Gasteiger partial charge on any atom is -0.490 e. The lowest BCUT2D eigenvalue weighted by Crippen LogP contribution is -2.17. The third-order valence-corrected chi connectivity index (χ3v) is 5.55. The third kappa shape index (κ3) is 5.61. The molecule has 0 saturated heterocycles. The number of ether oxygens (including phenoxy) is 3. The second kappa shape index (κ2) is 9.31. The number of rotatable bonds is 9. The molecule has 10 heteroatoms. The minimum absolute atomic E-state index is 0.0486. The van der Waals surface area contributed by atoms with Crippen LogP contribution in [0.5, 0.6) is 11.6 Å². The quantitative estimate of drug-likeness (QED) is 0.573. The van der Waals surface area contributed by atoms with Gasteiger partial charge in [0.1, 0.15) is 23.6 Å². The molecule has 0 aliphatic heterocycles. The molecular formula is C20H26N2O7S. The second-order valence-corrected chi connectivity index (χ2v) is 9.12. The fourth-order valence-corrected chi connectivity index (χ4v) is 3.58. The number of benzene rings is 1. The van der Waals surface area contributed by atoms with Crippen molar-refractivity contribution in [3.63, 3.8) is 0 Å². The van der Waals surface area contributed by atoms with Gasteiger partial charge in [0.05, 0.1) is 18.6 Å². The van der Waals surface area contributed by atoms with Gasteiger partial charge in [0.15, 0.2) is 0 Å². The Morgan fingerprint density at radius 3 is 2.43 bits per heavy atom. The van der Waals surface area contributed by atoms with Gasteiger partial charge in [-0.2, -0.15) is 0 Å². The zero-order valence-corrected chi connectivity index (χ0v) is 18.4. The van der Waals surface area contributed by atoms with Crippen molar-refractivity contribution in [3.8, 4) is 11.6 Å². The number of sulfonamides is 1. The molecule has 0 unspecified atom stereocenters. The van der Waals surface area contributed by atoms with E-state index in [0.29, 0.717) is 0 Å². The van der Waals surface area contributed by atoms with E-state index in [1.165, 1.54) is 26.4 Å². The molecule has 0 spiro atoms. The van der Waals surface area contributed by atoms with Crippen LogP contribution in [0.25, 0.3) is 0 Å². The topological polar surface area (TPSA) is 124 Å². The van der Waals surface area contributed by atoms with E-state index in [0.717, 1.165) is 11.6 Å². The van der Waals surface area contributed by atoms with Crippen LogP contribution in [-0.2, 0) is 20.2 Å². The molecule has 0 atom stereocenters. The molecule has 9 nitrogen and oxygen atoms in total. The number of aromatic nitrogens is 1. The van der Waals surface area contributed by atoms with Gasteiger partial charge in [-0.05, 0) is 35.2 Å². The Balaban J connectivity index is 2.42. The Bertz CT molecular complexity index is 1010. The van der Waals surface area contributed by atoms with Crippen LogP contribution >= 0.6 is 0 Å². The SMILES string of the molecule is COCCOc1ccc(S(=O)(=O)Nc2cc(C(C)(C)C)cnc2OC)cc1C(=O)O. The molecule has 0 aliphatic carbocycles. The van der Waals surface area contributed by atoms with Crippen molar-refractivity contribution in [2.75, 3.05) is 32.2 Å². The van der Waals surface area contributed by atoms with E-state index < -0.39 is 16.0 Å². The molecule has 0 amide bonds. The Morgan fingerprint density at radius 2 is 1.87 bits per heavy atom. The Labute approximate surface area is 176 Å². The molecule has 0 radical (unpaired) electrons. The summed E-state index contributed by atoms with van der Waals surface area (Å²) >= 11 is 0. The maximum Gasteiger partial charge on any atom is 0.339 e. The van der Waals surface area contributed by atoms with Crippen LogP contribution in [0.3, 0.4) is 0 Å². The van der Waals surface area contributed by atoms with Gasteiger partial charge in [-0.3, -0.25) is 4.72 Å². The van der Waals surface area contributed by atoms with E-state index in [1.54, 1.807) is 12.3 Å². The van der Waals surface area contributed by atoms with Crippen molar-refractivity contribution in [2.24, 2.45) is 0 Å². The summed E-state index contributed by atoms with van der Waals surface area (Å²) in [7, 11) is -1.25. The number of hydrogen-bond acceptors (Lipinski definition) is 7. The van der Waals surface area contributed by atoms with Gasteiger partial charge in [-0.1, -0.05) is 20.8 Å². The van der Waals surface area contributed by atoms with Crippen LogP contribution in [0.2, 0.25) is 0 Å². The van der Waals surface area contributed by atoms with E-state index in [-0.39, 0.29) is 46.4 Å². The lowest BCUT2D eigenvalue weighted by molar-refractivity contribution is 0.0689. The lowest BCUT2D eigenvalue weighted by Gasteiger charge is -2.20. The van der Waals surface area contributed by atoms with Crippen molar-refractivity contribution in [3.05, 3.63) is 41.6 Å². The standard InChI is InChI=1S/C20H26N2O7S/c1-20(2,3)13-10-16(18(28-5)21-12-13)22-30(25,26)14-6-7-17(29-9-8-27-4)15(11-14)19(23)24/h6-7,10-12,22H,8-9H2,1-5H3,(H,23,24). The first-order valence-corrected chi connectivity index (χ1v) is 10.5. The number of carboxylic acids is 1. The van der Waals surface area contributed by atoms with Gasteiger partial charge in [0, 0.05) is 13.3 Å². The van der Waals surface area contributed by atoms with E-state index in [9.17, 15) is 18.3 Å². The molecule has 1 aromatic carbocycles. The van der Waals surface area contributed by atoms with Gasteiger partial charge in [0.25, 0.3) is 10.0 Å². The maximum atomic E-state index is 12.9. The first kappa shape index (κ1) is 23.4. The highest BCUT2D eigenvalue weighted by Crippen LogP contribution is 2.31. The number of carboxylic acid groups (broad SMARTS) is 1. The maximum absolute atomic E-state index is 12.9. The molecule has 0 saturated carbocycles. The number of methoxy groups -OCH3 is 2. The van der Waals surface area contributed by atoms with Gasteiger partial charge >= 0.3 is 5.97 Å². The smallest absolute Gasteiger partial charge is 0.339 e. The summed E-state index contributed by atoms with van der Waals surface area (Å²) in [6.07, 6.45) is 1.62. The zero-order valence-electron chi connectivity index (χ0n) is 17.6. The summed E-state index contributed by atoms with van der Waals surface area (Å²) in [5.74, 6) is -1.16. The largest absolute Gasteiger partial charge is 0.490 e. The first-order chi connectivity index (χ1) is 14.0. The summed E-state index contributed by atoms with van der Waals surface area (Å²) in [6, 6.07) is 5.25. The summed E-state index contributed by atoms with van der Waals surface area (Å²) in [6.45, 7) is 6.30. The number of hydrogen-bond donors (Lipinski definition) is 2. The average molecular weight is 439 g/mol. The van der Waals surface area contributed by atoms with Crippen LogP contribution < -0.4 is 14.2 Å². The van der Waals surface area contributed by atoms with Gasteiger partial charge in [0.2, 0.25) is 5.88 Å². The first-order valence-electron chi connectivity index (χ1n) is 9.06. The number of anilines is 1. The summed E-state index contributed by atoms with van der Waals surface area (Å²) in [5.41, 5.74) is 0.413. The predicted octanol–water partition coefficient (Wildman–Crippen LogP) is 2.91.